The quantitative estimate of drug-likeness (QED) is 0.315. The number of hydrogen-bond acceptors (Lipinski definition) is 5. The smallest absolute Gasteiger partial charge is 0.368 e. The number of benzene rings is 2. The van der Waals surface area contributed by atoms with E-state index in [2.05, 4.69) is 20.3 Å². The van der Waals surface area contributed by atoms with Gasteiger partial charge in [-0.2, -0.15) is 28.4 Å². The zero-order chi connectivity index (χ0) is 25.4. The number of aromatic nitrogens is 4. The van der Waals surface area contributed by atoms with Gasteiger partial charge >= 0.3 is 6.18 Å². The highest BCUT2D eigenvalue weighted by Gasteiger charge is 2.34. The summed E-state index contributed by atoms with van der Waals surface area (Å²) in [4.78, 5) is 13.3. The first-order valence-corrected chi connectivity index (χ1v) is 11.6. The number of nitriles is 1. The Balaban J connectivity index is 1.67. The van der Waals surface area contributed by atoms with Gasteiger partial charge in [0.2, 0.25) is 5.82 Å². The van der Waals surface area contributed by atoms with Crippen LogP contribution < -0.4 is 5.32 Å². The van der Waals surface area contributed by atoms with E-state index in [1.807, 2.05) is 37.3 Å². The van der Waals surface area contributed by atoms with Crippen LogP contribution in [0.4, 0.5) is 23.4 Å². The van der Waals surface area contributed by atoms with Gasteiger partial charge in [-0.1, -0.05) is 42.7 Å². The lowest BCUT2D eigenvalue weighted by Crippen LogP contribution is -2.12. The molecule has 1 aliphatic rings. The molecule has 6 nitrogen and oxygen atoms in total. The zero-order valence-corrected chi connectivity index (χ0v) is 19.4. The molecule has 0 radical (unpaired) electrons. The Hall–Kier alpha value is -4.00. The largest absolute Gasteiger partial charge is 0.419 e. The minimum Gasteiger partial charge on any atom is -0.368 e. The Kier molecular flexibility index (Phi) is 6.08. The number of rotatable bonds is 7. The molecule has 0 spiro atoms. The highest BCUT2D eigenvalue weighted by atomic mass is 19.4. The highest BCUT2D eigenvalue weighted by Crippen LogP contribution is 2.35. The van der Waals surface area contributed by atoms with E-state index in [0.29, 0.717) is 29.6 Å². The number of nitrogens with one attached hydrogen (secondary N) is 1. The Morgan fingerprint density at radius 1 is 1.11 bits per heavy atom. The van der Waals surface area contributed by atoms with Gasteiger partial charge in [-0.3, -0.25) is 0 Å². The van der Waals surface area contributed by atoms with Crippen molar-refractivity contribution < 1.29 is 17.6 Å². The van der Waals surface area contributed by atoms with E-state index in [-0.39, 0.29) is 23.6 Å². The minimum atomic E-state index is -4.82. The molecule has 0 unspecified atom stereocenters. The first-order chi connectivity index (χ1) is 17.2. The number of hydrogen-bond donors (Lipinski definition) is 1. The second-order valence-corrected chi connectivity index (χ2v) is 9.04. The fourth-order valence-electron chi connectivity index (χ4n) is 4.24. The van der Waals surface area contributed by atoms with Gasteiger partial charge in [0, 0.05) is 18.7 Å². The topological polar surface area (TPSA) is 79.4 Å². The summed E-state index contributed by atoms with van der Waals surface area (Å²) in [6.07, 6.45) is -1.51. The van der Waals surface area contributed by atoms with Crippen molar-refractivity contribution in [1.82, 2.24) is 19.5 Å². The molecule has 2 heterocycles. The first-order valence-electron chi connectivity index (χ1n) is 11.6. The van der Waals surface area contributed by atoms with Crippen LogP contribution in [-0.2, 0) is 12.7 Å². The molecule has 0 bridgehead atoms. The van der Waals surface area contributed by atoms with Crippen LogP contribution in [0, 0.1) is 30.0 Å². The lowest BCUT2D eigenvalue weighted by atomic mass is 10.1. The molecule has 2 aromatic heterocycles. The highest BCUT2D eigenvalue weighted by molar-refractivity contribution is 5.87. The Labute approximate surface area is 204 Å². The molecule has 0 aliphatic heterocycles. The van der Waals surface area contributed by atoms with Crippen LogP contribution in [0.25, 0.3) is 22.6 Å². The molecule has 1 fully saturated rings. The molecule has 2 aromatic carbocycles. The van der Waals surface area contributed by atoms with Gasteiger partial charge in [0.05, 0.1) is 5.56 Å². The Morgan fingerprint density at radius 3 is 2.61 bits per heavy atom. The van der Waals surface area contributed by atoms with Crippen molar-refractivity contribution in [3.05, 3.63) is 70.8 Å². The van der Waals surface area contributed by atoms with Crippen LogP contribution in [-0.4, -0.2) is 26.1 Å². The first kappa shape index (κ1) is 23.7. The van der Waals surface area contributed by atoms with Crippen LogP contribution in [0.1, 0.15) is 41.8 Å². The summed E-state index contributed by atoms with van der Waals surface area (Å²) in [5, 5.41) is 12.7. The number of alkyl halides is 3. The van der Waals surface area contributed by atoms with Gasteiger partial charge in [0.15, 0.2) is 11.5 Å². The van der Waals surface area contributed by atoms with Crippen molar-refractivity contribution in [2.75, 3.05) is 11.9 Å². The SMILES string of the molecule is Cc1cccc(-c2nc3nc(C#N)nc(NCCC4CC4)c3n2Cc2ccc(F)c(C(F)(F)F)c2)c1. The molecule has 1 aliphatic carbocycles. The molecular weight excluding hydrogens is 472 g/mol. The average Bonchev–Trinajstić information content (AvgIpc) is 3.59. The molecule has 1 saturated carbocycles. The lowest BCUT2D eigenvalue weighted by Gasteiger charge is -2.14. The molecule has 36 heavy (non-hydrogen) atoms. The summed E-state index contributed by atoms with van der Waals surface area (Å²) in [7, 11) is 0. The van der Waals surface area contributed by atoms with E-state index in [9.17, 15) is 22.8 Å². The third kappa shape index (κ3) is 4.87. The summed E-state index contributed by atoms with van der Waals surface area (Å²) in [5.74, 6) is 0.129. The number of halogens is 4. The van der Waals surface area contributed by atoms with Crippen LogP contribution in [0.15, 0.2) is 42.5 Å². The van der Waals surface area contributed by atoms with Crippen molar-refractivity contribution in [3.63, 3.8) is 0 Å². The second kappa shape index (κ2) is 9.22. The molecule has 184 valence electrons. The number of imidazole rings is 1. The summed E-state index contributed by atoms with van der Waals surface area (Å²) in [6.45, 7) is 2.52. The average molecular weight is 494 g/mol. The van der Waals surface area contributed by atoms with E-state index in [1.54, 1.807) is 4.57 Å². The molecule has 0 atom stereocenters. The van der Waals surface area contributed by atoms with Crippen LogP contribution in [0.5, 0.6) is 0 Å². The second-order valence-electron chi connectivity index (χ2n) is 9.04. The number of anilines is 1. The Morgan fingerprint density at radius 2 is 1.92 bits per heavy atom. The summed E-state index contributed by atoms with van der Waals surface area (Å²) >= 11 is 0. The van der Waals surface area contributed by atoms with Crippen LogP contribution in [0.2, 0.25) is 0 Å². The summed E-state index contributed by atoms with van der Waals surface area (Å²) in [6, 6.07) is 12.4. The maximum absolute atomic E-state index is 13.9. The third-order valence-corrected chi connectivity index (χ3v) is 6.20. The fourth-order valence-corrected chi connectivity index (χ4v) is 4.24. The van der Waals surface area contributed by atoms with Crippen molar-refractivity contribution >= 4 is 17.0 Å². The maximum atomic E-state index is 13.9. The standard InChI is InChI=1S/C26H22F4N6/c1-15-3-2-4-18(11-15)25-35-24-22(23(33-21(13-31)34-24)32-10-9-16-5-6-16)36(25)14-17-7-8-20(27)19(12-17)26(28,29)30/h2-4,7-8,11-12,16H,5-6,9-10,14H2,1H3,(H,32,33,34). The number of fused-ring (bicyclic) bond motifs is 1. The van der Waals surface area contributed by atoms with Gasteiger partial charge in [-0.05, 0) is 43.0 Å². The van der Waals surface area contributed by atoms with E-state index in [1.165, 1.54) is 18.9 Å². The van der Waals surface area contributed by atoms with E-state index < -0.39 is 17.6 Å². The van der Waals surface area contributed by atoms with E-state index in [0.717, 1.165) is 29.7 Å². The van der Waals surface area contributed by atoms with Gasteiger partial charge in [-0.15, -0.1) is 0 Å². The molecule has 0 saturated heterocycles. The van der Waals surface area contributed by atoms with Crippen LogP contribution in [0.3, 0.4) is 0 Å². The normalized spacial score (nSPS) is 13.7. The van der Waals surface area contributed by atoms with Gasteiger partial charge in [0.1, 0.15) is 23.2 Å². The molecule has 0 amide bonds. The van der Waals surface area contributed by atoms with Gasteiger partial charge < -0.3 is 9.88 Å². The lowest BCUT2D eigenvalue weighted by molar-refractivity contribution is -0.140. The van der Waals surface area contributed by atoms with E-state index >= 15 is 0 Å². The maximum Gasteiger partial charge on any atom is 0.419 e. The molecule has 10 heteroatoms. The summed E-state index contributed by atoms with van der Waals surface area (Å²) < 4.78 is 55.8. The number of nitrogens with zero attached hydrogens (tertiary/aromatic N) is 5. The molecule has 4 aromatic rings. The number of aryl methyl sites for hydroxylation is 1. The molecular formula is C26H22F4N6. The minimum absolute atomic E-state index is 0.0320. The fraction of sp³-hybridized carbons (Fsp3) is 0.308. The predicted octanol–water partition coefficient (Wildman–Crippen LogP) is 6.09. The van der Waals surface area contributed by atoms with Crippen molar-refractivity contribution in [2.24, 2.45) is 5.92 Å². The van der Waals surface area contributed by atoms with E-state index in [4.69, 9.17) is 0 Å². The zero-order valence-electron chi connectivity index (χ0n) is 19.4. The Bertz CT molecular complexity index is 1480. The van der Waals surface area contributed by atoms with Crippen molar-refractivity contribution in [2.45, 2.75) is 38.9 Å². The van der Waals surface area contributed by atoms with Crippen molar-refractivity contribution in [1.29, 1.82) is 5.26 Å². The van der Waals surface area contributed by atoms with Gasteiger partial charge in [0.25, 0.3) is 0 Å². The predicted molar refractivity (Wildman–Crippen MR) is 127 cm³/mol. The van der Waals surface area contributed by atoms with Crippen LogP contribution >= 0.6 is 0 Å². The van der Waals surface area contributed by atoms with Gasteiger partial charge in [-0.25, -0.2) is 9.37 Å². The third-order valence-electron chi connectivity index (χ3n) is 6.20. The molecule has 1 N–H and O–H groups in total. The molecule has 5 rings (SSSR count). The monoisotopic (exact) mass is 494 g/mol. The van der Waals surface area contributed by atoms with Crippen molar-refractivity contribution in [3.8, 4) is 17.5 Å². The summed E-state index contributed by atoms with van der Waals surface area (Å²) in [5.41, 5.74) is 1.34.